The van der Waals surface area contributed by atoms with Crippen LogP contribution < -0.4 is 15.8 Å². The molecule has 50 heavy (non-hydrogen) atoms. The maximum atomic E-state index is 16.1. The number of nitrogen functional groups attached to an aromatic ring is 1. The van der Waals surface area contributed by atoms with Gasteiger partial charge in [0.15, 0.2) is 5.65 Å². The number of alkyl halides is 1. The van der Waals surface area contributed by atoms with Crippen molar-refractivity contribution in [2.75, 3.05) is 18.8 Å². The molecular weight excluding hydrogens is 646 g/mol. The van der Waals surface area contributed by atoms with Gasteiger partial charge in [-0.15, -0.1) is 0 Å². The molecule has 0 spiro atoms. The molecule has 254 valence electrons. The van der Waals surface area contributed by atoms with E-state index in [-0.39, 0.29) is 49.4 Å². The van der Waals surface area contributed by atoms with Crippen LogP contribution in [-0.4, -0.2) is 72.6 Å². The molecule has 3 aliphatic rings. The molecule has 3 aliphatic heterocycles. The van der Waals surface area contributed by atoms with Crippen molar-refractivity contribution in [3.05, 3.63) is 95.6 Å². The van der Waals surface area contributed by atoms with Gasteiger partial charge in [0.25, 0.3) is 5.91 Å². The van der Waals surface area contributed by atoms with E-state index in [1.807, 2.05) is 59.5 Å². The Hall–Kier alpha value is -5.76. The van der Waals surface area contributed by atoms with Crippen LogP contribution in [0.2, 0.25) is 0 Å². The molecule has 0 aliphatic carbocycles. The van der Waals surface area contributed by atoms with Gasteiger partial charge in [0.2, 0.25) is 11.8 Å². The second-order valence-electron chi connectivity index (χ2n) is 12.8. The van der Waals surface area contributed by atoms with Crippen molar-refractivity contribution in [3.63, 3.8) is 0 Å². The average Bonchev–Trinajstić information content (AvgIpc) is 3.66. The first-order valence-electron chi connectivity index (χ1n) is 16.4. The van der Waals surface area contributed by atoms with E-state index >= 15 is 8.78 Å². The van der Waals surface area contributed by atoms with E-state index in [1.54, 1.807) is 16.8 Å². The number of para-hydroxylation sites is 1. The molecule has 3 atom stereocenters. The van der Waals surface area contributed by atoms with Gasteiger partial charge in [0, 0.05) is 48.3 Å². The van der Waals surface area contributed by atoms with Gasteiger partial charge >= 0.3 is 0 Å². The van der Waals surface area contributed by atoms with Gasteiger partial charge in [0.1, 0.15) is 47.4 Å². The third-order valence-electron chi connectivity index (χ3n) is 9.65. The number of anilines is 1. The van der Waals surface area contributed by atoms with Gasteiger partial charge in [-0.05, 0) is 55.3 Å². The number of imide groups is 1. The number of nitrogens with one attached hydrogen (secondary N) is 1. The first kappa shape index (κ1) is 31.5. The maximum absolute atomic E-state index is 16.1. The van der Waals surface area contributed by atoms with Crippen LogP contribution in [0.25, 0.3) is 22.3 Å². The normalized spacial score (nSPS) is 21.0. The van der Waals surface area contributed by atoms with E-state index < -0.39 is 41.8 Å². The highest BCUT2D eigenvalue weighted by Gasteiger charge is 2.41. The highest BCUT2D eigenvalue weighted by atomic mass is 19.1. The molecule has 3 aromatic carbocycles. The number of piperidine rings is 2. The summed E-state index contributed by atoms with van der Waals surface area (Å²) in [5, 5.41) is 7.60. The van der Waals surface area contributed by atoms with Crippen LogP contribution in [0.3, 0.4) is 0 Å². The van der Waals surface area contributed by atoms with Gasteiger partial charge in [0.05, 0.1) is 18.0 Å². The summed E-state index contributed by atoms with van der Waals surface area (Å²) in [6, 6.07) is 18.4. The van der Waals surface area contributed by atoms with Crippen LogP contribution in [0.5, 0.6) is 11.5 Å². The van der Waals surface area contributed by atoms with Crippen molar-refractivity contribution in [1.82, 2.24) is 34.9 Å². The van der Waals surface area contributed by atoms with Crippen molar-refractivity contribution < 1.29 is 27.9 Å². The minimum Gasteiger partial charge on any atom is -0.457 e. The van der Waals surface area contributed by atoms with Crippen LogP contribution in [-0.2, 0) is 22.7 Å². The number of hydrogen-bond donors (Lipinski definition) is 2. The van der Waals surface area contributed by atoms with Crippen LogP contribution in [0, 0.1) is 5.82 Å². The summed E-state index contributed by atoms with van der Waals surface area (Å²) in [4.78, 5) is 48.8. The number of benzene rings is 3. The van der Waals surface area contributed by atoms with Crippen molar-refractivity contribution in [2.24, 2.45) is 0 Å². The third kappa shape index (κ3) is 5.60. The van der Waals surface area contributed by atoms with Crippen molar-refractivity contribution in [1.29, 1.82) is 0 Å². The van der Waals surface area contributed by atoms with E-state index in [9.17, 15) is 14.4 Å². The fraction of sp³-hybridized carbons (Fsp3) is 0.278. The Labute approximate surface area is 284 Å². The number of likely N-dealkylation sites (tertiary alicyclic amines) is 1. The van der Waals surface area contributed by atoms with Gasteiger partial charge in [-0.3, -0.25) is 24.6 Å². The summed E-state index contributed by atoms with van der Waals surface area (Å²) in [5.74, 6) is -0.361. The van der Waals surface area contributed by atoms with Crippen LogP contribution in [0.15, 0.2) is 73.1 Å². The fourth-order valence-corrected chi connectivity index (χ4v) is 7.12. The Bertz CT molecular complexity index is 2140. The number of halogens is 2. The first-order chi connectivity index (χ1) is 24.2. The Morgan fingerprint density at radius 3 is 2.50 bits per heavy atom. The van der Waals surface area contributed by atoms with Crippen LogP contribution in [0.4, 0.5) is 14.6 Å². The summed E-state index contributed by atoms with van der Waals surface area (Å²) >= 11 is 0. The molecule has 2 saturated heterocycles. The first-order valence-corrected chi connectivity index (χ1v) is 16.4. The van der Waals surface area contributed by atoms with Crippen LogP contribution in [0.1, 0.15) is 46.8 Å². The largest absolute Gasteiger partial charge is 0.457 e. The maximum Gasteiger partial charge on any atom is 0.255 e. The zero-order valence-electron chi connectivity index (χ0n) is 26.8. The fourth-order valence-electron chi connectivity index (χ4n) is 7.12. The Morgan fingerprint density at radius 2 is 1.74 bits per heavy atom. The lowest BCUT2D eigenvalue weighted by molar-refractivity contribution is -0.136. The smallest absolute Gasteiger partial charge is 0.255 e. The quantitative estimate of drug-likeness (QED) is 0.237. The van der Waals surface area contributed by atoms with Gasteiger partial charge in [-0.1, -0.05) is 24.3 Å². The molecule has 2 fully saturated rings. The number of aromatic nitrogens is 4. The second-order valence-corrected chi connectivity index (χ2v) is 12.8. The molecule has 0 saturated carbocycles. The van der Waals surface area contributed by atoms with E-state index in [1.165, 1.54) is 11.2 Å². The summed E-state index contributed by atoms with van der Waals surface area (Å²) in [7, 11) is 0. The number of nitrogens with two attached hydrogens (primary N) is 1. The minimum absolute atomic E-state index is 0.0191. The average molecular weight is 679 g/mol. The summed E-state index contributed by atoms with van der Waals surface area (Å²) in [5.41, 5.74) is 8.74. The number of ether oxygens (including phenoxy) is 1. The highest BCUT2D eigenvalue weighted by Crippen LogP contribution is 2.37. The molecule has 14 heteroatoms. The summed E-state index contributed by atoms with van der Waals surface area (Å²) in [6.07, 6.45) is 0.645. The molecule has 1 unspecified atom stereocenters. The highest BCUT2D eigenvalue weighted by molar-refractivity contribution is 6.05. The Balaban J connectivity index is 0.988. The van der Waals surface area contributed by atoms with Crippen molar-refractivity contribution in [2.45, 2.75) is 50.6 Å². The number of nitrogens with zero attached hydrogens (tertiary/aromatic N) is 6. The van der Waals surface area contributed by atoms with E-state index in [2.05, 4.69) is 15.3 Å². The number of rotatable bonds is 7. The molecular formula is C36H32F2N8O4. The number of carbonyl (C=O) groups is 3. The number of carbonyl (C=O) groups excluding carboxylic acids is 3. The van der Waals surface area contributed by atoms with Gasteiger partial charge in [-0.25, -0.2) is 23.4 Å². The SMILES string of the molecule is Nc1ncnc2c1c(-c1ccc(Oc3ccccc3)cc1)nn2[C@@H]1CCN(Cc2ccc3c(c2F)CN(C2CCC(=O)NC2=O)C3=O)C[C@@H]1F. The molecule has 0 radical (unpaired) electrons. The van der Waals surface area contributed by atoms with Crippen LogP contribution >= 0.6 is 0 Å². The molecule has 5 heterocycles. The van der Waals surface area contributed by atoms with Gasteiger partial charge < -0.3 is 15.4 Å². The Morgan fingerprint density at radius 1 is 0.960 bits per heavy atom. The summed E-state index contributed by atoms with van der Waals surface area (Å²) in [6.45, 7) is 0.532. The molecule has 8 rings (SSSR count). The third-order valence-corrected chi connectivity index (χ3v) is 9.65. The lowest BCUT2D eigenvalue weighted by Crippen LogP contribution is -2.52. The van der Waals surface area contributed by atoms with E-state index in [0.717, 1.165) is 5.56 Å². The number of fused-ring (bicyclic) bond motifs is 2. The lowest BCUT2D eigenvalue weighted by Gasteiger charge is -2.35. The van der Waals surface area contributed by atoms with E-state index in [4.69, 9.17) is 15.6 Å². The molecule has 2 aromatic heterocycles. The zero-order chi connectivity index (χ0) is 34.5. The standard InChI is InChI=1S/C36H32F2N8O4/c37-26-18-44(16-21-8-11-24-25(31(21)38)17-45(36(24)49)28-12-13-29(47)42-35(28)48)15-14-27(26)46-34-30(33(39)40-19-41-34)32(43-46)20-6-9-23(10-7-20)50-22-4-2-1-3-5-22/h1-11,19,26-28H,12-18H2,(H2,39,40,41)(H,42,47,48)/t26-,27+,28?/m0/s1. The molecule has 5 aromatic rings. The van der Waals surface area contributed by atoms with Crippen molar-refractivity contribution >= 4 is 34.6 Å². The monoisotopic (exact) mass is 678 g/mol. The minimum atomic E-state index is -1.36. The van der Waals surface area contributed by atoms with E-state index in [0.29, 0.717) is 46.8 Å². The predicted octanol–water partition coefficient (Wildman–Crippen LogP) is 4.55. The molecule has 12 nitrogen and oxygen atoms in total. The zero-order valence-corrected chi connectivity index (χ0v) is 26.8. The second kappa shape index (κ2) is 12.6. The molecule has 3 N–H and O–H groups in total. The van der Waals surface area contributed by atoms with Crippen molar-refractivity contribution in [3.8, 4) is 22.8 Å². The summed E-state index contributed by atoms with van der Waals surface area (Å²) < 4.78 is 39.4. The predicted molar refractivity (Wildman–Crippen MR) is 178 cm³/mol. The number of amides is 3. The molecule has 3 amide bonds. The topological polar surface area (TPSA) is 149 Å². The van der Waals surface area contributed by atoms with Gasteiger partial charge in [-0.2, -0.15) is 5.10 Å². The Kier molecular flexibility index (Phi) is 7.94. The molecule has 0 bridgehead atoms. The number of hydrogen-bond acceptors (Lipinski definition) is 9. The lowest BCUT2D eigenvalue weighted by atomic mass is 10.0.